The van der Waals surface area contributed by atoms with Crippen LogP contribution in [0.4, 0.5) is 0 Å². The van der Waals surface area contributed by atoms with Gasteiger partial charge in [0.15, 0.2) is 5.78 Å². The molecule has 3 aromatic rings. The smallest absolute Gasteiger partial charge is 0.189 e. The highest BCUT2D eigenvalue weighted by Gasteiger charge is 2.10. The molecule has 140 valence electrons. The van der Waals surface area contributed by atoms with Gasteiger partial charge in [0.25, 0.3) is 0 Å². The van der Waals surface area contributed by atoms with Gasteiger partial charge < -0.3 is 4.74 Å². The van der Waals surface area contributed by atoms with Gasteiger partial charge in [-0.3, -0.25) is 14.2 Å². The Morgan fingerprint density at radius 1 is 1.19 bits per heavy atom. The molecule has 0 unspecified atom stereocenters. The molecule has 0 aliphatic carbocycles. The molecule has 3 rings (SSSR count). The summed E-state index contributed by atoms with van der Waals surface area (Å²) in [5.41, 5.74) is 5.37. The lowest BCUT2D eigenvalue weighted by Crippen LogP contribution is -2.05. The average Bonchev–Trinajstić information content (AvgIpc) is 3.13. The first-order valence-corrected chi connectivity index (χ1v) is 8.78. The second-order valence-electron chi connectivity index (χ2n) is 6.66. The molecule has 27 heavy (non-hydrogen) atoms. The highest BCUT2D eigenvalue weighted by molar-refractivity contribution is 6.07. The van der Waals surface area contributed by atoms with E-state index in [-0.39, 0.29) is 5.78 Å². The third-order valence-electron chi connectivity index (χ3n) is 4.43. The van der Waals surface area contributed by atoms with Crippen LogP contribution < -0.4 is 4.74 Å². The molecule has 0 amide bonds. The number of aromatic nitrogens is 4. The normalized spacial score (nSPS) is 11.3. The molecule has 0 bridgehead atoms. The van der Waals surface area contributed by atoms with Gasteiger partial charge in [-0.1, -0.05) is 12.1 Å². The van der Waals surface area contributed by atoms with E-state index < -0.39 is 0 Å². The lowest BCUT2D eigenvalue weighted by molar-refractivity contribution is 0.104. The van der Waals surface area contributed by atoms with Crippen molar-refractivity contribution >= 4 is 11.9 Å². The maximum absolute atomic E-state index is 12.4. The standard InChI is InChI=1S/C21H24N4O2/c1-14-10-15(2)25(22-14)12-18-11-17(7-9-21(18)27-5)6-8-20(26)19-13-24(4)23-16(19)3/h6-11,13H,12H2,1-5H3/b8-6+. The third kappa shape index (κ3) is 4.16. The zero-order valence-electron chi connectivity index (χ0n) is 16.4. The number of carbonyl (C=O) groups excluding carboxylic acids is 1. The Morgan fingerprint density at radius 3 is 2.56 bits per heavy atom. The number of hydrogen-bond acceptors (Lipinski definition) is 4. The van der Waals surface area contributed by atoms with Crippen molar-refractivity contribution in [3.05, 3.63) is 70.3 Å². The first kappa shape index (κ1) is 18.6. The van der Waals surface area contributed by atoms with Crippen molar-refractivity contribution < 1.29 is 9.53 Å². The highest BCUT2D eigenvalue weighted by atomic mass is 16.5. The Kier molecular flexibility index (Phi) is 5.26. The van der Waals surface area contributed by atoms with E-state index in [1.54, 1.807) is 24.1 Å². The fourth-order valence-electron chi connectivity index (χ4n) is 3.13. The van der Waals surface area contributed by atoms with E-state index in [4.69, 9.17) is 4.74 Å². The van der Waals surface area contributed by atoms with E-state index in [0.717, 1.165) is 34.0 Å². The molecule has 6 nitrogen and oxygen atoms in total. The second kappa shape index (κ2) is 7.61. The van der Waals surface area contributed by atoms with Crippen LogP contribution >= 0.6 is 0 Å². The molecule has 2 aromatic heterocycles. The minimum atomic E-state index is -0.0588. The van der Waals surface area contributed by atoms with Crippen molar-refractivity contribution in [3.8, 4) is 5.75 Å². The number of benzene rings is 1. The van der Waals surface area contributed by atoms with Gasteiger partial charge in [-0.25, -0.2) is 0 Å². The molecule has 6 heteroatoms. The van der Waals surface area contributed by atoms with Gasteiger partial charge in [-0.15, -0.1) is 0 Å². The van der Waals surface area contributed by atoms with Crippen LogP contribution in [0.25, 0.3) is 6.08 Å². The minimum Gasteiger partial charge on any atom is -0.496 e. The van der Waals surface area contributed by atoms with Crippen LogP contribution in [0.3, 0.4) is 0 Å². The van der Waals surface area contributed by atoms with Crippen LogP contribution in [0, 0.1) is 20.8 Å². The number of allylic oxidation sites excluding steroid dienone is 1. The lowest BCUT2D eigenvalue weighted by Gasteiger charge is -2.11. The maximum Gasteiger partial charge on any atom is 0.189 e. The Morgan fingerprint density at radius 2 is 1.96 bits per heavy atom. The number of ether oxygens (including phenoxy) is 1. The SMILES string of the molecule is COc1ccc(/C=C/C(=O)c2cn(C)nc2C)cc1Cn1nc(C)cc1C. The summed E-state index contributed by atoms with van der Waals surface area (Å²) in [6.07, 6.45) is 5.14. The molecule has 0 aliphatic rings. The summed E-state index contributed by atoms with van der Waals surface area (Å²) in [5.74, 6) is 0.741. The number of methoxy groups -OCH3 is 1. The molecule has 0 N–H and O–H groups in total. The number of carbonyl (C=O) groups is 1. The molecule has 0 fully saturated rings. The molecule has 0 saturated carbocycles. The number of ketones is 1. The maximum atomic E-state index is 12.4. The third-order valence-corrected chi connectivity index (χ3v) is 4.43. The predicted octanol–water partition coefficient (Wildman–Crippen LogP) is 3.49. The monoisotopic (exact) mass is 364 g/mol. The predicted molar refractivity (Wildman–Crippen MR) is 105 cm³/mol. The van der Waals surface area contributed by atoms with Crippen LogP contribution in [0.5, 0.6) is 5.75 Å². The summed E-state index contributed by atoms with van der Waals surface area (Å²) in [7, 11) is 3.46. The van der Waals surface area contributed by atoms with E-state index in [0.29, 0.717) is 12.1 Å². The topological polar surface area (TPSA) is 61.9 Å². The van der Waals surface area contributed by atoms with Gasteiger partial charge in [0, 0.05) is 24.5 Å². The molecule has 1 aromatic carbocycles. The van der Waals surface area contributed by atoms with E-state index in [2.05, 4.69) is 10.2 Å². The van der Waals surface area contributed by atoms with Crippen LogP contribution in [-0.2, 0) is 13.6 Å². The minimum absolute atomic E-state index is 0.0588. The van der Waals surface area contributed by atoms with E-state index in [1.165, 1.54) is 0 Å². The van der Waals surface area contributed by atoms with Crippen molar-refractivity contribution in [2.24, 2.45) is 7.05 Å². The van der Waals surface area contributed by atoms with Gasteiger partial charge in [0.1, 0.15) is 5.75 Å². The Bertz CT molecular complexity index is 1010. The second-order valence-corrected chi connectivity index (χ2v) is 6.66. The fourth-order valence-corrected chi connectivity index (χ4v) is 3.13. The summed E-state index contributed by atoms with van der Waals surface area (Å²) < 4.78 is 9.09. The van der Waals surface area contributed by atoms with Crippen LogP contribution in [-0.4, -0.2) is 32.5 Å². The van der Waals surface area contributed by atoms with Crippen molar-refractivity contribution in [2.75, 3.05) is 7.11 Å². The fraction of sp³-hybridized carbons (Fsp3) is 0.286. The zero-order chi connectivity index (χ0) is 19.6. The molecular weight excluding hydrogens is 340 g/mol. The van der Waals surface area contributed by atoms with Gasteiger partial charge in [0.2, 0.25) is 0 Å². The number of hydrogen-bond donors (Lipinski definition) is 0. The number of aryl methyl sites for hydroxylation is 4. The number of nitrogens with zero attached hydrogens (tertiary/aromatic N) is 4. The molecular formula is C21H24N4O2. The van der Waals surface area contributed by atoms with Crippen LogP contribution in [0.15, 0.2) is 36.5 Å². The summed E-state index contributed by atoms with van der Waals surface area (Å²) >= 11 is 0. The van der Waals surface area contributed by atoms with Gasteiger partial charge in [0.05, 0.1) is 30.6 Å². The van der Waals surface area contributed by atoms with Gasteiger partial charge >= 0.3 is 0 Å². The zero-order valence-corrected chi connectivity index (χ0v) is 16.4. The van der Waals surface area contributed by atoms with Crippen LogP contribution in [0.1, 0.15) is 38.6 Å². The van der Waals surface area contributed by atoms with E-state index in [1.807, 2.05) is 62.8 Å². The molecule has 0 atom stereocenters. The first-order chi connectivity index (χ1) is 12.9. The summed E-state index contributed by atoms with van der Waals surface area (Å²) in [4.78, 5) is 12.4. The molecule has 0 aliphatic heterocycles. The molecule has 0 saturated heterocycles. The summed E-state index contributed by atoms with van der Waals surface area (Å²) in [6.45, 7) is 6.46. The average molecular weight is 364 g/mol. The van der Waals surface area contributed by atoms with E-state index >= 15 is 0 Å². The molecule has 2 heterocycles. The van der Waals surface area contributed by atoms with Crippen molar-refractivity contribution in [2.45, 2.75) is 27.3 Å². The molecule has 0 radical (unpaired) electrons. The van der Waals surface area contributed by atoms with Gasteiger partial charge in [-0.05, 0) is 50.6 Å². The first-order valence-electron chi connectivity index (χ1n) is 8.78. The van der Waals surface area contributed by atoms with Gasteiger partial charge in [-0.2, -0.15) is 10.2 Å². The largest absolute Gasteiger partial charge is 0.496 e. The van der Waals surface area contributed by atoms with Crippen molar-refractivity contribution in [1.82, 2.24) is 19.6 Å². The summed E-state index contributed by atoms with van der Waals surface area (Å²) in [5, 5.41) is 8.73. The van der Waals surface area contributed by atoms with Crippen LogP contribution in [0.2, 0.25) is 0 Å². The quantitative estimate of drug-likeness (QED) is 0.496. The van der Waals surface area contributed by atoms with Crippen molar-refractivity contribution in [1.29, 1.82) is 0 Å². The Balaban J connectivity index is 1.85. The Hall–Kier alpha value is -3.15. The van der Waals surface area contributed by atoms with Crippen molar-refractivity contribution in [3.63, 3.8) is 0 Å². The summed E-state index contributed by atoms with van der Waals surface area (Å²) in [6, 6.07) is 7.92. The van der Waals surface area contributed by atoms with E-state index in [9.17, 15) is 4.79 Å². The molecule has 0 spiro atoms. The Labute approximate surface area is 159 Å². The highest BCUT2D eigenvalue weighted by Crippen LogP contribution is 2.22. The number of rotatable bonds is 6. The lowest BCUT2D eigenvalue weighted by atomic mass is 10.1.